The second kappa shape index (κ2) is 8.09. The lowest BCUT2D eigenvalue weighted by molar-refractivity contribution is -0.132. The molecule has 2 heterocycles. The van der Waals surface area contributed by atoms with E-state index in [0.717, 1.165) is 50.0 Å². The number of benzene rings is 1. The molecule has 1 saturated heterocycles. The summed E-state index contributed by atoms with van der Waals surface area (Å²) in [5.41, 5.74) is 2.43. The van der Waals surface area contributed by atoms with E-state index in [1.54, 1.807) is 14.2 Å². The van der Waals surface area contributed by atoms with Crippen molar-refractivity contribution in [1.82, 2.24) is 9.80 Å². The average molecular weight is 346 g/mol. The Balaban J connectivity index is 1.59. The largest absolute Gasteiger partial charge is 0.493 e. The molecule has 0 N–H and O–H groups in total. The van der Waals surface area contributed by atoms with E-state index >= 15 is 0 Å². The average Bonchev–Trinajstić information content (AvgIpc) is 2.64. The summed E-state index contributed by atoms with van der Waals surface area (Å²) in [6.45, 7) is 6.92. The summed E-state index contributed by atoms with van der Waals surface area (Å²) in [5, 5.41) is 0. The maximum Gasteiger partial charge on any atom is 0.224 e. The van der Waals surface area contributed by atoms with Crippen LogP contribution in [0.1, 0.15) is 37.3 Å². The summed E-state index contributed by atoms with van der Waals surface area (Å²) in [6, 6.07) is 4.06. The van der Waals surface area contributed by atoms with Gasteiger partial charge in [-0.15, -0.1) is 0 Å². The number of carbonyl (C=O) groups excluding carboxylic acids is 1. The molecule has 2 aliphatic heterocycles. The minimum absolute atomic E-state index is 0.263. The molecular weight excluding hydrogens is 316 g/mol. The van der Waals surface area contributed by atoms with Crippen LogP contribution in [0.3, 0.4) is 0 Å². The molecular formula is C20H30N2O3. The van der Waals surface area contributed by atoms with Gasteiger partial charge in [0.15, 0.2) is 11.5 Å². The van der Waals surface area contributed by atoms with Crippen molar-refractivity contribution in [2.75, 3.05) is 40.4 Å². The summed E-state index contributed by atoms with van der Waals surface area (Å²) >= 11 is 0. The minimum atomic E-state index is 0.263. The monoisotopic (exact) mass is 346 g/mol. The molecule has 5 heteroatoms. The number of piperidine rings is 1. The van der Waals surface area contributed by atoms with Crippen LogP contribution < -0.4 is 9.47 Å². The SMILES string of the molecule is COc1cc2c(cc1OC)CN(C(=O)CCN1CCCC(C)C1)CC2. The van der Waals surface area contributed by atoms with E-state index in [1.165, 1.54) is 24.0 Å². The van der Waals surface area contributed by atoms with Gasteiger partial charge >= 0.3 is 0 Å². The van der Waals surface area contributed by atoms with Gasteiger partial charge in [0.2, 0.25) is 5.91 Å². The third kappa shape index (κ3) is 4.27. The zero-order valence-electron chi connectivity index (χ0n) is 15.7. The Morgan fingerprint density at radius 2 is 1.88 bits per heavy atom. The normalized spacial score (nSPS) is 20.9. The predicted molar refractivity (Wildman–Crippen MR) is 98.1 cm³/mol. The van der Waals surface area contributed by atoms with E-state index < -0.39 is 0 Å². The smallest absolute Gasteiger partial charge is 0.224 e. The van der Waals surface area contributed by atoms with Gasteiger partial charge in [-0.3, -0.25) is 4.79 Å². The molecule has 0 aliphatic carbocycles. The van der Waals surface area contributed by atoms with Crippen LogP contribution in [0.15, 0.2) is 12.1 Å². The Morgan fingerprint density at radius 1 is 1.16 bits per heavy atom. The summed E-state index contributed by atoms with van der Waals surface area (Å²) in [6.07, 6.45) is 4.07. The third-order valence-electron chi connectivity index (χ3n) is 5.45. The van der Waals surface area contributed by atoms with Crippen molar-refractivity contribution >= 4 is 5.91 Å². The summed E-state index contributed by atoms with van der Waals surface area (Å²) in [7, 11) is 3.31. The van der Waals surface area contributed by atoms with E-state index in [-0.39, 0.29) is 5.91 Å². The number of amides is 1. The van der Waals surface area contributed by atoms with Crippen molar-refractivity contribution in [3.05, 3.63) is 23.3 Å². The van der Waals surface area contributed by atoms with Crippen molar-refractivity contribution in [3.8, 4) is 11.5 Å². The van der Waals surface area contributed by atoms with Gasteiger partial charge in [0, 0.05) is 32.6 Å². The summed E-state index contributed by atoms with van der Waals surface area (Å²) in [4.78, 5) is 17.1. The van der Waals surface area contributed by atoms with Gasteiger partial charge in [0.25, 0.3) is 0 Å². The van der Waals surface area contributed by atoms with Crippen molar-refractivity contribution in [3.63, 3.8) is 0 Å². The van der Waals surface area contributed by atoms with Gasteiger partial charge < -0.3 is 19.3 Å². The molecule has 3 rings (SSSR count). The van der Waals surface area contributed by atoms with Crippen LogP contribution in [0.5, 0.6) is 11.5 Å². The Labute approximate surface area is 150 Å². The molecule has 1 aromatic rings. The van der Waals surface area contributed by atoms with Crippen molar-refractivity contribution in [2.45, 2.75) is 39.2 Å². The number of likely N-dealkylation sites (tertiary alicyclic amines) is 1. The summed E-state index contributed by atoms with van der Waals surface area (Å²) < 4.78 is 10.8. The van der Waals surface area contributed by atoms with E-state index in [4.69, 9.17) is 9.47 Å². The molecule has 1 fully saturated rings. The highest BCUT2D eigenvalue weighted by Gasteiger charge is 2.24. The number of fused-ring (bicyclic) bond motifs is 1. The fraction of sp³-hybridized carbons (Fsp3) is 0.650. The quantitative estimate of drug-likeness (QED) is 0.822. The Hall–Kier alpha value is -1.75. The molecule has 5 nitrogen and oxygen atoms in total. The Kier molecular flexibility index (Phi) is 5.84. The van der Waals surface area contributed by atoms with Crippen LogP contribution in [0.4, 0.5) is 0 Å². The molecule has 138 valence electrons. The van der Waals surface area contributed by atoms with Gasteiger partial charge in [-0.2, -0.15) is 0 Å². The van der Waals surface area contributed by atoms with Gasteiger partial charge in [-0.25, -0.2) is 0 Å². The van der Waals surface area contributed by atoms with Gasteiger partial charge in [-0.1, -0.05) is 6.92 Å². The number of ether oxygens (including phenoxy) is 2. The number of carbonyl (C=O) groups is 1. The molecule has 1 unspecified atom stereocenters. The lowest BCUT2D eigenvalue weighted by atomic mass is 9.98. The molecule has 0 bridgehead atoms. The van der Waals surface area contributed by atoms with Crippen LogP contribution in [0.2, 0.25) is 0 Å². The highest BCUT2D eigenvalue weighted by molar-refractivity contribution is 5.76. The Morgan fingerprint density at radius 3 is 2.56 bits per heavy atom. The molecule has 0 spiro atoms. The molecule has 1 atom stereocenters. The van der Waals surface area contributed by atoms with E-state index in [1.807, 2.05) is 17.0 Å². The van der Waals surface area contributed by atoms with Crippen LogP contribution in [-0.2, 0) is 17.8 Å². The van der Waals surface area contributed by atoms with E-state index in [0.29, 0.717) is 13.0 Å². The van der Waals surface area contributed by atoms with E-state index in [9.17, 15) is 4.79 Å². The first-order valence-electron chi connectivity index (χ1n) is 9.34. The fourth-order valence-electron chi connectivity index (χ4n) is 4.00. The topological polar surface area (TPSA) is 42.0 Å². The lowest BCUT2D eigenvalue weighted by Crippen LogP contribution is -2.40. The molecule has 2 aliphatic rings. The zero-order valence-corrected chi connectivity index (χ0v) is 15.7. The number of nitrogens with zero attached hydrogens (tertiary/aromatic N) is 2. The second-order valence-electron chi connectivity index (χ2n) is 7.34. The molecule has 1 aromatic carbocycles. The first-order valence-corrected chi connectivity index (χ1v) is 9.34. The number of methoxy groups -OCH3 is 2. The van der Waals surface area contributed by atoms with Crippen molar-refractivity contribution in [1.29, 1.82) is 0 Å². The number of hydrogen-bond donors (Lipinski definition) is 0. The molecule has 0 saturated carbocycles. The van der Waals surface area contributed by atoms with Gasteiger partial charge in [0.05, 0.1) is 14.2 Å². The molecule has 1 amide bonds. The van der Waals surface area contributed by atoms with Crippen molar-refractivity contribution < 1.29 is 14.3 Å². The highest BCUT2D eigenvalue weighted by Crippen LogP contribution is 2.33. The second-order valence-corrected chi connectivity index (χ2v) is 7.34. The first kappa shape index (κ1) is 18.1. The highest BCUT2D eigenvalue weighted by atomic mass is 16.5. The van der Waals surface area contributed by atoms with Crippen LogP contribution in [0.25, 0.3) is 0 Å². The fourth-order valence-corrected chi connectivity index (χ4v) is 4.00. The maximum atomic E-state index is 12.7. The summed E-state index contributed by atoms with van der Waals surface area (Å²) in [5.74, 6) is 2.52. The minimum Gasteiger partial charge on any atom is -0.493 e. The lowest BCUT2D eigenvalue weighted by Gasteiger charge is -2.33. The Bertz CT molecular complexity index is 617. The molecule has 25 heavy (non-hydrogen) atoms. The first-order chi connectivity index (χ1) is 12.1. The maximum absolute atomic E-state index is 12.7. The molecule has 0 radical (unpaired) electrons. The van der Waals surface area contributed by atoms with E-state index in [2.05, 4.69) is 11.8 Å². The van der Waals surface area contributed by atoms with Gasteiger partial charge in [-0.05, 0) is 55.0 Å². The van der Waals surface area contributed by atoms with Crippen LogP contribution in [0, 0.1) is 5.92 Å². The van der Waals surface area contributed by atoms with Crippen LogP contribution in [-0.4, -0.2) is 56.1 Å². The van der Waals surface area contributed by atoms with Gasteiger partial charge in [0.1, 0.15) is 0 Å². The van der Waals surface area contributed by atoms with Crippen molar-refractivity contribution in [2.24, 2.45) is 5.92 Å². The predicted octanol–water partition coefficient (Wildman–Crippen LogP) is 2.71. The number of rotatable bonds is 5. The molecule has 0 aromatic heterocycles. The third-order valence-corrected chi connectivity index (χ3v) is 5.45. The van der Waals surface area contributed by atoms with Crippen LogP contribution >= 0.6 is 0 Å². The number of hydrogen-bond acceptors (Lipinski definition) is 4. The standard InChI is InChI=1S/C20H30N2O3/c1-15-5-4-8-21(13-15)9-7-20(23)22-10-6-16-11-18(24-2)19(25-3)12-17(16)14-22/h11-12,15H,4-10,13-14H2,1-3H3. The zero-order chi connectivity index (χ0) is 17.8.